The molecule has 8 rings (SSSR count). The maximum Gasteiger partial charge on any atom is 0.310 e. The Morgan fingerprint density at radius 1 is 0.972 bits per heavy atom. The molecule has 2 aromatic carbocycles. The van der Waals surface area contributed by atoms with E-state index in [1.807, 2.05) is 39.0 Å². The number of carbonyl (C=O) groups excluding carboxylic acids is 5. The maximum absolute atomic E-state index is 14.9. The van der Waals surface area contributed by atoms with E-state index in [-0.39, 0.29) is 61.8 Å². The molecule has 5 atom stereocenters. The molecule has 1 N–H and O–H groups in total. The van der Waals surface area contributed by atoms with Gasteiger partial charge in [-0.1, -0.05) is 63.9 Å². The maximum atomic E-state index is 14.9. The minimum absolute atomic E-state index is 0.168. The molecular weight excluding hydrogens is 911 g/mol. The monoisotopic (exact) mass is 984 g/mol. The molecule has 2 aromatic heterocycles. The quantitative estimate of drug-likeness (QED) is 0.144. The second-order valence-electron chi connectivity index (χ2n) is 21.2. The van der Waals surface area contributed by atoms with Gasteiger partial charge >= 0.3 is 5.97 Å². The molecule has 4 aliphatic heterocycles. The average Bonchev–Trinajstić information content (AvgIpc) is 4.00. The van der Waals surface area contributed by atoms with Crippen molar-refractivity contribution in [3.63, 3.8) is 0 Å². The van der Waals surface area contributed by atoms with Gasteiger partial charge in [-0.25, -0.2) is 0 Å². The minimum atomic E-state index is -1.00. The van der Waals surface area contributed by atoms with Crippen molar-refractivity contribution in [3.8, 4) is 34.2 Å². The summed E-state index contributed by atoms with van der Waals surface area (Å²) in [6, 6.07) is 16.8. The number of ether oxygens (including phenoxy) is 3. The van der Waals surface area contributed by atoms with Crippen molar-refractivity contribution >= 4 is 40.5 Å². The fourth-order valence-corrected chi connectivity index (χ4v) is 11.1. The molecule has 15 heteroatoms. The van der Waals surface area contributed by atoms with Crippen LogP contribution in [0.15, 0.2) is 60.8 Å². The lowest BCUT2D eigenvalue weighted by Gasteiger charge is -2.36. The lowest BCUT2D eigenvalue weighted by molar-refractivity contribution is -0.155. The summed E-state index contributed by atoms with van der Waals surface area (Å²) in [7, 11) is 3.33. The van der Waals surface area contributed by atoms with E-state index in [0.29, 0.717) is 65.1 Å². The topological polar surface area (TPSA) is 156 Å². The molecule has 4 aromatic rings. The molecule has 0 spiro atoms. The summed E-state index contributed by atoms with van der Waals surface area (Å²) < 4.78 is 19.8. The van der Waals surface area contributed by atoms with Crippen LogP contribution in [0.4, 0.5) is 0 Å². The second-order valence-corrected chi connectivity index (χ2v) is 21.2. The van der Waals surface area contributed by atoms with Gasteiger partial charge in [-0.15, -0.1) is 0 Å². The first-order valence-electron chi connectivity index (χ1n) is 25.9. The smallest absolute Gasteiger partial charge is 0.310 e. The van der Waals surface area contributed by atoms with Crippen LogP contribution in [0, 0.1) is 35.0 Å². The Kier molecular flexibility index (Phi) is 16.5. The Morgan fingerprint density at radius 2 is 1.75 bits per heavy atom. The predicted molar refractivity (Wildman–Crippen MR) is 276 cm³/mol. The molecule has 384 valence electrons. The Labute approximate surface area is 424 Å². The van der Waals surface area contributed by atoms with E-state index < -0.39 is 35.2 Å². The first-order valence-corrected chi connectivity index (χ1v) is 25.9. The molecule has 0 aliphatic carbocycles. The van der Waals surface area contributed by atoms with Crippen molar-refractivity contribution in [2.45, 2.75) is 98.4 Å². The summed E-state index contributed by atoms with van der Waals surface area (Å²) in [5.74, 6) is 2.77. The van der Waals surface area contributed by atoms with E-state index in [2.05, 4.69) is 83.8 Å². The number of likely N-dealkylation sites (N-methyl/N-ethyl adjacent to an activating group) is 1. The molecule has 6 bridgehead atoms. The molecule has 3 fully saturated rings. The molecular formula is C57H73N7O8. The Bertz CT molecular complexity index is 2710. The highest BCUT2D eigenvalue weighted by Crippen LogP contribution is 2.42. The van der Waals surface area contributed by atoms with E-state index in [9.17, 15) is 24.0 Å². The average molecular weight is 984 g/mol. The van der Waals surface area contributed by atoms with Crippen LogP contribution in [-0.4, -0.2) is 151 Å². The predicted octanol–water partition coefficient (Wildman–Crippen LogP) is 6.16. The number of aromatic nitrogens is 2. The zero-order valence-corrected chi connectivity index (χ0v) is 43.5. The number of pyridine rings is 1. The number of nitrogens with zero attached hydrogens (tertiary/aromatic N) is 6. The number of carbonyl (C=O) groups is 5. The van der Waals surface area contributed by atoms with Crippen LogP contribution in [0.2, 0.25) is 0 Å². The molecule has 15 nitrogen and oxygen atoms in total. The molecule has 4 amide bonds. The van der Waals surface area contributed by atoms with E-state index >= 15 is 0 Å². The number of likely N-dealkylation sites (tertiary alicyclic amines) is 1. The van der Waals surface area contributed by atoms with Gasteiger partial charge in [0.25, 0.3) is 5.91 Å². The summed E-state index contributed by atoms with van der Waals surface area (Å²) in [4.78, 5) is 82.7. The number of hydrogen-bond acceptors (Lipinski definition) is 10. The van der Waals surface area contributed by atoms with Gasteiger partial charge in [0.2, 0.25) is 17.7 Å². The van der Waals surface area contributed by atoms with Crippen LogP contribution in [0.3, 0.4) is 0 Å². The number of methoxy groups -OCH3 is 1. The summed E-state index contributed by atoms with van der Waals surface area (Å²) in [5, 5.41) is 4.21. The van der Waals surface area contributed by atoms with Gasteiger partial charge in [-0.2, -0.15) is 0 Å². The summed E-state index contributed by atoms with van der Waals surface area (Å²) in [6.07, 6.45) is 3.97. The van der Waals surface area contributed by atoms with Crippen molar-refractivity contribution in [1.82, 2.24) is 34.5 Å². The largest absolute Gasteiger partial charge is 0.465 e. The number of nitrogens with one attached hydrogen (secondary N) is 1. The molecule has 4 aliphatic rings. The molecule has 0 radical (unpaired) electrons. The SMILES string of the molecule is CCn1c(-c2cccnc2C(C)OC)c2c3cc(ccc31)-c1cccc(c1)CC(NC(=O)C(C(C)C)N(C)C(=O)C1CCN(C(=O)C#CCN3CCOCC3)C1)C(=O)N1CCCC(C1)C(=O)OCC(C)(C)C2. The van der Waals surface area contributed by atoms with Crippen LogP contribution < -0.4 is 5.32 Å². The van der Waals surface area contributed by atoms with Crippen LogP contribution in [-0.2, 0) is 57.6 Å². The van der Waals surface area contributed by atoms with E-state index in [4.69, 9.17) is 19.2 Å². The lowest BCUT2D eigenvalue weighted by Crippen LogP contribution is -2.58. The van der Waals surface area contributed by atoms with E-state index in [1.165, 1.54) is 4.90 Å². The van der Waals surface area contributed by atoms with Gasteiger partial charge in [0.1, 0.15) is 12.1 Å². The number of cyclic esters (lactones) is 1. The number of benzene rings is 2. The molecule has 3 saturated heterocycles. The lowest BCUT2D eigenvalue weighted by atomic mass is 9.84. The zero-order chi connectivity index (χ0) is 51.3. The number of aryl methyl sites for hydroxylation is 1. The number of fused-ring (bicyclic) bond motifs is 6. The third kappa shape index (κ3) is 11.6. The molecule has 6 heterocycles. The number of amides is 4. The highest BCUT2D eigenvalue weighted by molar-refractivity contribution is 5.97. The number of rotatable bonds is 10. The second kappa shape index (κ2) is 22.8. The highest BCUT2D eigenvalue weighted by Gasteiger charge is 2.40. The van der Waals surface area contributed by atoms with Crippen molar-refractivity contribution in [2.24, 2.45) is 23.2 Å². The van der Waals surface area contributed by atoms with Crippen molar-refractivity contribution in [2.75, 3.05) is 79.8 Å². The summed E-state index contributed by atoms with van der Waals surface area (Å²) in [6.45, 7) is 17.6. The Hall–Kier alpha value is -6.08. The van der Waals surface area contributed by atoms with Gasteiger partial charge in [0, 0.05) is 94.5 Å². The van der Waals surface area contributed by atoms with E-state index in [1.54, 1.807) is 30.2 Å². The highest BCUT2D eigenvalue weighted by atomic mass is 16.5. The Morgan fingerprint density at radius 3 is 2.50 bits per heavy atom. The Balaban J connectivity index is 1.10. The fourth-order valence-electron chi connectivity index (χ4n) is 11.1. The zero-order valence-electron chi connectivity index (χ0n) is 43.5. The van der Waals surface area contributed by atoms with Gasteiger partial charge < -0.3 is 38.8 Å². The summed E-state index contributed by atoms with van der Waals surface area (Å²) in [5.41, 5.74) is 7.42. The van der Waals surface area contributed by atoms with Crippen molar-refractivity contribution < 1.29 is 38.2 Å². The first-order chi connectivity index (χ1) is 34.6. The first kappa shape index (κ1) is 52.2. The van der Waals surface area contributed by atoms with Crippen LogP contribution in [0.1, 0.15) is 83.7 Å². The molecule has 0 saturated carbocycles. The van der Waals surface area contributed by atoms with Crippen LogP contribution >= 0.6 is 0 Å². The van der Waals surface area contributed by atoms with Gasteiger partial charge in [-0.3, -0.25) is 33.9 Å². The number of esters is 1. The number of piperidine rings is 1. The van der Waals surface area contributed by atoms with Crippen molar-refractivity contribution in [3.05, 3.63) is 77.6 Å². The third-order valence-electron chi connectivity index (χ3n) is 15.0. The number of hydrogen-bond donors (Lipinski definition) is 1. The minimum Gasteiger partial charge on any atom is -0.465 e. The standard InChI is InChI=1S/C57H73N7O8/c1-9-64-48-20-19-41-32-45(48)46(52(64)44-17-11-22-58-50(44)38(4)70-8)33-57(5,6)36-72-56(69)43-16-12-24-63(35-43)55(68)47(31-39-14-10-15-40(41)30-39)59-53(66)51(37(2)3)60(7)54(67)42-21-25-62(34-42)49(65)18-13-23-61-26-28-71-29-27-61/h10-11,14-15,17,19-20,22,30,32,37-38,42-43,47,51H,9,12,16,21,23-29,31,33-36H2,1-8H3,(H,59,66). The molecule has 72 heavy (non-hydrogen) atoms. The van der Waals surface area contributed by atoms with Gasteiger partial charge in [-0.05, 0) is 97.9 Å². The number of morpholine rings is 1. The van der Waals surface area contributed by atoms with Crippen molar-refractivity contribution in [1.29, 1.82) is 0 Å². The fraction of sp³-hybridized carbons (Fsp3) is 0.544. The van der Waals surface area contributed by atoms with E-state index in [0.717, 1.165) is 63.2 Å². The van der Waals surface area contributed by atoms with Crippen LogP contribution in [0.25, 0.3) is 33.3 Å². The normalized spacial score (nSPS) is 21.6. The third-order valence-corrected chi connectivity index (χ3v) is 15.0. The van der Waals surface area contributed by atoms with Gasteiger partial charge in [0.15, 0.2) is 0 Å². The summed E-state index contributed by atoms with van der Waals surface area (Å²) >= 11 is 0. The molecule has 5 unspecified atom stereocenters. The van der Waals surface area contributed by atoms with Gasteiger partial charge in [0.05, 0.1) is 55.7 Å². The van der Waals surface area contributed by atoms with Crippen LogP contribution in [0.5, 0.6) is 0 Å².